The maximum absolute atomic E-state index is 4.48. The first-order chi connectivity index (χ1) is 5.65. The molecule has 0 amide bonds. The van der Waals surface area contributed by atoms with E-state index in [1.54, 1.807) is 0 Å². The first-order valence-electron chi connectivity index (χ1n) is 4.26. The van der Waals surface area contributed by atoms with Gasteiger partial charge in [0.1, 0.15) is 0 Å². The first-order valence-corrected chi connectivity index (χ1v) is 5.07. The fraction of sp³-hybridized carbons (Fsp3) is 0.667. The van der Waals surface area contributed by atoms with E-state index in [4.69, 9.17) is 0 Å². The summed E-state index contributed by atoms with van der Waals surface area (Å²) in [4.78, 5) is 5.90. The second-order valence-corrected chi connectivity index (χ2v) is 4.46. The molecule has 0 aliphatic rings. The van der Waals surface area contributed by atoms with Gasteiger partial charge in [0.2, 0.25) is 0 Å². The van der Waals surface area contributed by atoms with Crippen LogP contribution in [0.3, 0.4) is 0 Å². The quantitative estimate of drug-likeness (QED) is 0.779. The van der Waals surface area contributed by atoms with Gasteiger partial charge >= 0.3 is 0 Å². The molecule has 3 heteroatoms. The highest BCUT2D eigenvalue weighted by Crippen LogP contribution is 2.25. The van der Waals surface area contributed by atoms with Gasteiger partial charge in [0.05, 0.1) is 10.7 Å². The fourth-order valence-corrected chi connectivity index (χ4v) is 2.18. The minimum atomic E-state index is 0.597. The maximum Gasteiger partial charge on any atom is 0.0900 e. The number of aromatic nitrogens is 1. The van der Waals surface area contributed by atoms with Crippen LogP contribution in [0.4, 0.5) is 0 Å². The minimum Gasteiger partial charge on any atom is -0.314 e. The van der Waals surface area contributed by atoms with E-state index in [0.29, 0.717) is 5.92 Å². The summed E-state index contributed by atoms with van der Waals surface area (Å²) in [6.45, 7) is 7.38. The van der Waals surface area contributed by atoms with E-state index in [0.717, 1.165) is 6.54 Å². The van der Waals surface area contributed by atoms with Gasteiger partial charge in [-0.1, -0.05) is 13.8 Å². The smallest absolute Gasteiger partial charge is 0.0900 e. The summed E-state index contributed by atoms with van der Waals surface area (Å²) in [5, 5.41) is 4.31. The Labute approximate surface area is 78.0 Å². The van der Waals surface area contributed by atoms with E-state index in [1.807, 2.05) is 18.4 Å². The van der Waals surface area contributed by atoms with Crippen LogP contribution in [0.25, 0.3) is 0 Å². The van der Waals surface area contributed by atoms with Crippen LogP contribution in [0.1, 0.15) is 35.3 Å². The van der Waals surface area contributed by atoms with Crippen molar-refractivity contribution in [3.63, 3.8) is 0 Å². The number of hydrogen-bond donors (Lipinski definition) is 1. The molecule has 2 nitrogen and oxygen atoms in total. The summed E-state index contributed by atoms with van der Waals surface area (Å²) >= 11 is 1.81. The van der Waals surface area contributed by atoms with E-state index in [-0.39, 0.29) is 0 Å². The molecule has 0 radical (unpaired) electrons. The second kappa shape index (κ2) is 4.01. The van der Waals surface area contributed by atoms with Gasteiger partial charge in [-0.3, -0.25) is 0 Å². The molecule has 0 aromatic carbocycles. The first kappa shape index (κ1) is 9.68. The highest BCUT2D eigenvalue weighted by Gasteiger charge is 2.10. The lowest BCUT2D eigenvalue weighted by atomic mass is 10.1. The lowest BCUT2D eigenvalue weighted by molar-refractivity contribution is 0.764. The molecule has 0 saturated carbocycles. The molecular weight excluding hydrogens is 168 g/mol. The zero-order valence-corrected chi connectivity index (χ0v) is 8.96. The summed E-state index contributed by atoms with van der Waals surface area (Å²) in [6, 6.07) is 0. The molecule has 0 aliphatic carbocycles. The number of nitrogens with one attached hydrogen (secondary N) is 1. The number of thiazole rings is 1. The van der Waals surface area contributed by atoms with Gasteiger partial charge in [0, 0.05) is 11.4 Å². The number of nitrogens with zero attached hydrogens (tertiary/aromatic N) is 1. The van der Waals surface area contributed by atoms with Crippen molar-refractivity contribution in [2.24, 2.45) is 0 Å². The van der Waals surface area contributed by atoms with E-state index in [1.165, 1.54) is 15.6 Å². The molecule has 0 saturated heterocycles. The van der Waals surface area contributed by atoms with E-state index in [2.05, 4.69) is 31.1 Å². The Morgan fingerprint density at radius 1 is 1.50 bits per heavy atom. The average molecular weight is 184 g/mol. The van der Waals surface area contributed by atoms with Gasteiger partial charge in [-0.05, 0) is 19.9 Å². The lowest BCUT2D eigenvalue weighted by Crippen LogP contribution is -2.07. The third kappa shape index (κ3) is 2.05. The normalized spacial score (nSPS) is 11.1. The van der Waals surface area contributed by atoms with Crippen LogP contribution in [-0.4, -0.2) is 12.0 Å². The summed E-state index contributed by atoms with van der Waals surface area (Å²) in [5.74, 6) is 0.597. The molecule has 0 spiro atoms. The van der Waals surface area contributed by atoms with E-state index in [9.17, 15) is 0 Å². The number of hydrogen-bond acceptors (Lipinski definition) is 3. The molecule has 1 heterocycles. The van der Waals surface area contributed by atoms with Crippen LogP contribution in [-0.2, 0) is 6.54 Å². The van der Waals surface area contributed by atoms with Gasteiger partial charge < -0.3 is 5.32 Å². The Morgan fingerprint density at radius 2 is 2.17 bits per heavy atom. The zero-order valence-electron chi connectivity index (χ0n) is 8.14. The highest BCUT2D eigenvalue weighted by molar-refractivity contribution is 7.11. The molecule has 0 aliphatic heterocycles. The molecule has 68 valence electrons. The highest BCUT2D eigenvalue weighted by atomic mass is 32.1. The van der Waals surface area contributed by atoms with Crippen LogP contribution in [0.5, 0.6) is 0 Å². The maximum atomic E-state index is 4.48. The Hall–Kier alpha value is -0.410. The van der Waals surface area contributed by atoms with Crippen LogP contribution in [0.15, 0.2) is 0 Å². The second-order valence-electron chi connectivity index (χ2n) is 3.23. The Morgan fingerprint density at radius 3 is 2.67 bits per heavy atom. The van der Waals surface area contributed by atoms with Crippen LogP contribution in [0, 0.1) is 6.92 Å². The summed E-state index contributed by atoms with van der Waals surface area (Å²) in [7, 11) is 1.96. The predicted molar refractivity (Wildman–Crippen MR) is 53.7 cm³/mol. The monoisotopic (exact) mass is 184 g/mol. The van der Waals surface area contributed by atoms with Crippen molar-refractivity contribution >= 4 is 11.3 Å². The molecule has 1 aromatic rings. The molecule has 12 heavy (non-hydrogen) atoms. The van der Waals surface area contributed by atoms with Crippen LogP contribution >= 0.6 is 11.3 Å². The summed E-state index contributed by atoms with van der Waals surface area (Å²) in [5.41, 5.74) is 1.22. The minimum absolute atomic E-state index is 0.597. The van der Waals surface area contributed by atoms with Gasteiger partial charge in [-0.25, -0.2) is 4.98 Å². The van der Waals surface area contributed by atoms with Crippen molar-refractivity contribution in [3.8, 4) is 0 Å². The van der Waals surface area contributed by atoms with Crippen LogP contribution < -0.4 is 5.32 Å². The molecular formula is C9H16N2S. The lowest BCUT2D eigenvalue weighted by Gasteiger charge is -2.03. The molecule has 0 bridgehead atoms. The molecule has 0 atom stereocenters. The number of aryl methyl sites for hydroxylation is 1. The van der Waals surface area contributed by atoms with E-state index < -0.39 is 0 Å². The molecule has 1 aromatic heterocycles. The van der Waals surface area contributed by atoms with Gasteiger partial charge in [0.15, 0.2) is 0 Å². The van der Waals surface area contributed by atoms with Crippen molar-refractivity contribution in [2.45, 2.75) is 33.2 Å². The summed E-state index contributed by atoms with van der Waals surface area (Å²) < 4.78 is 0. The largest absolute Gasteiger partial charge is 0.314 e. The standard InChI is InChI=1S/C9H16N2S/c1-6(2)9-8(5-10-4)11-7(3)12-9/h6,10H,5H2,1-4H3. The van der Waals surface area contributed by atoms with Crippen molar-refractivity contribution in [1.82, 2.24) is 10.3 Å². The van der Waals surface area contributed by atoms with Crippen LogP contribution in [0.2, 0.25) is 0 Å². The molecule has 0 unspecified atom stereocenters. The Balaban J connectivity index is 2.92. The summed E-state index contributed by atoms with van der Waals surface area (Å²) in [6.07, 6.45) is 0. The van der Waals surface area contributed by atoms with Gasteiger partial charge in [-0.2, -0.15) is 0 Å². The SMILES string of the molecule is CNCc1nc(C)sc1C(C)C. The van der Waals surface area contributed by atoms with Crippen molar-refractivity contribution < 1.29 is 0 Å². The number of rotatable bonds is 3. The average Bonchev–Trinajstić information content (AvgIpc) is 2.32. The molecule has 1 N–H and O–H groups in total. The van der Waals surface area contributed by atoms with Crippen molar-refractivity contribution in [3.05, 3.63) is 15.6 Å². The van der Waals surface area contributed by atoms with Gasteiger partial charge in [0.25, 0.3) is 0 Å². The predicted octanol–water partition coefficient (Wildman–Crippen LogP) is 2.29. The van der Waals surface area contributed by atoms with Crippen molar-refractivity contribution in [2.75, 3.05) is 7.05 Å². The topological polar surface area (TPSA) is 24.9 Å². The Bertz CT molecular complexity index is 253. The van der Waals surface area contributed by atoms with Crippen molar-refractivity contribution in [1.29, 1.82) is 0 Å². The Kier molecular flexibility index (Phi) is 3.23. The fourth-order valence-electron chi connectivity index (χ4n) is 1.23. The third-order valence-electron chi connectivity index (χ3n) is 1.70. The third-order valence-corrected chi connectivity index (χ3v) is 3.02. The van der Waals surface area contributed by atoms with Gasteiger partial charge in [-0.15, -0.1) is 11.3 Å². The molecule has 1 rings (SSSR count). The zero-order chi connectivity index (χ0) is 9.14. The molecule has 0 fully saturated rings. The van der Waals surface area contributed by atoms with E-state index >= 15 is 0 Å².